The van der Waals surface area contributed by atoms with Gasteiger partial charge < -0.3 is 15.8 Å². The van der Waals surface area contributed by atoms with Crippen LogP contribution in [0, 0.1) is 11.6 Å². The summed E-state index contributed by atoms with van der Waals surface area (Å²) in [6.45, 7) is 0. The monoisotopic (exact) mass is 382 g/mol. The molecule has 7 heteroatoms. The lowest BCUT2D eigenvalue weighted by atomic mass is 10.0. The quantitative estimate of drug-likeness (QED) is 0.700. The predicted molar refractivity (Wildman–Crippen MR) is 101 cm³/mol. The third-order valence-corrected chi connectivity index (χ3v) is 4.14. The molecule has 0 fully saturated rings. The van der Waals surface area contributed by atoms with Gasteiger partial charge in [0.1, 0.15) is 17.4 Å². The minimum absolute atomic E-state index is 0.105. The number of para-hydroxylation sites is 1. The lowest BCUT2D eigenvalue weighted by Gasteiger charge is -2.11. The van der Waals surface area contributed by atoms with Crippen molar-refractivity contribution in [3.63, 3.8) is 0 Å². The van der Waals surface area contributed by atoms with E-state index < -0.39 is 23.4 Å². The molecule has 0 atom stereocenters. The second kappa shape index (κ2) is 7.87. The highest BCUT2D eigenvalue weighted by Gasteiger charge is 2.17. The molecule has 0 bridgehead atoms. The topological polar surface area (TPSA) is 81.4 Å². The molecule has 0 aliphatic carbocycles. The molecule has 2 amide bonds. The van der Waals surface area contributed by atoms with E-state index in [-0.39, 0.29) is 27.9 Å². The van der Waals surface area contributed by atoms with Gasteiger partial charge in [0.05, 0.1) is 23.9 Å². The molecule has 0 radical (unpaired) electrons. The average Bonchev–Trinajstić information content (AvgIpc) is 2.67. The summed E-state index contributed by atoms with van der Waals surface area (Å²) >= 11 is 0. The summed E-state index contributed by atoms with van der Waals surface area (Å²) in [5, 5.41) is 2.46. The highest BCUT2D eigenvalue weighted by molar-refractivity contribution is 6.08. The fourth-order valence-corrected chi connectivity index (χ4v) is 2.72. The minimum Gasteiger partial charge on any atom is -0.497 e. The second-order valence-electron chi connectivity index (χ2n) is 5.90. The van der Waals surface area contributed by atoms with E-state index in [9.17, 15) is 18.4 Å². The van der Waals surface area contributed by atoms with E-state index in [0.717, 1.165) is 6.07 Å². The van der Waals surface area contributed by atoms with Crippen molar-refractivity contribution in [2.24, 2.45) is 5.73 Å². The molecule has 0 saturated heterocycles. The molecule has 0 saturated carbocycles. The van der Waals surface area contributed by atoms with Crippen LogP contribution < -0.4 is 15.8 Å². The number of hydrogen-bond donors (Lipinski definition) is 2. The fraction of sp³-hybridized carbons (Fsp3) is 0.0476. The molecule has 0 unspecified atom stereocenters. The number of rotatable bonds is 5. The predicted octanol–water partition coefficient (Wildman–Crippen LogP) is 3.99. The first kappa shape index (κ1) is 19.0. The number of benzene rings is 3. The summed E-state index contributed by atoms with van der Waals surface area (Å²) < 4.78 is 33.7. The van der Waals surface area contributed by atoms with E-state index in [4.69, 9.17) is 10.5 Å². The normalized spacial score (nSPS) is 10.4. The maximum absolute atomic E-state index is 14.5. The lowest BCUT2D eigenvalue weighted by Crippen LogP contribution is -2.19. The molecule has 28 heavy (non-hydrogen) atoms. The van der Waals surface area contributed by atoms with Crippen LogP contribution in [0.2, 0.25) is 0 Å². The third-order valence-electron chi connectivity index (χ3n) is 4.14. The van der Waals surface area contributed by atoms with Crippen LogP contribution in [0.5, 0.6) is 5.75 Å². The molecule has 142 valence electrons. The van der Waals surface area contributed by atoms with Gasteiger partial charge in [0.15, 0.2) is 0 Å². The van der Waals surface area contributed by atoms with Gasteiger partial charge in [-0.15, -0.1) is 0 Å². The van der Waals surface area contributed by atoms with Gasteiger partial charge in [-0.05, 0) is 42.0 Å². The van der Waals surface area contributed by atoms with Crippen molar-refractivity contribution < 1.29 is 23.1 Å². The molecule has 5 nitrogen and oxygen atoms in total. The number of ether oxygens (including phenoxy) is 1. The Hall–Kier alpha value is -3.74. The van der Waals surface area contributed by atoms with Gasteiger partial charge in [-0.3, -0.25) is 9.59 Å². The number of anilines is 1. The summed E-state index contributed by atoms with van der Waals surface area (Å²) in [7, 11) is 1.41. The number of nitrogens with one attached hydrogen (secondary N) is 1. The molecule has 3 N–H and O–H groups in total. The number of carbonyl (C=O) groups excluding carboxylic acids is 2. The first-order chi connectivity index (χ1) is 13.4. The zero-order chi connectivity index (χ0) is 20.3. The summed E-state index contributed by atoms with van der Waals surface area (Å²) in [5.41, 5.74) is 5.73. The summed E-state index contributed by atoms with van der Waals surface area (Å²) in [4.78, 5) is 23.9. The van der Waals surface area contributed by atoms with Crippen LogP contribution in [-0.2, 0) is 0 Å². The first-order valence-electron chi connectivity index (χ1n) is 8.24. The Labute approximate surface area is 159 Å². The maximum atomic E-state index is 14.5. The van der Waals surface area contributed by atoms with Gasteiger partial charge in [0, 0.05) is 11.6 Å². The smallest absolute Gasteiger partial charge is 0.258 e. The summed E-state index contributed by atoms with van der Waals surface area (Å²) in [5.74, 6) is -2.55. The van der Waals surface area contributed by atoms with Crippen molar-refractivity contribution in [3.05, 3.63) is 83.4 Å². The zero-order valence-electron chi connectivity index (χ0n) is 14.8. The van der Waals surface area contributed by atoms with E-state index in [1.165, 1.54) is 43.5 Å². The van der Waals surface area contributed by atoms with Gasteiger partial charge >= 0.3 is 0 Å². The molecular weight excluding hydrogens is 366 g/mol. The third kappa shape index (κ3) is 3.83. The number of methoxy groups -OCH3 is 1. The van der Waals surface area contributed by atoms with Gasteiger partial charge in [-0.2, -0.15) is 0 Å². The fourth-order valence-electron chi connectivity index (χ4n) is 2.72. The molecule has 0 aliphatic rings. The largest absolute Gasteiger partial charge is 0.497 e. The molecule has 0 aromatic heterocycles. The van der Waals surface area contributed by atoms with Crippen LogP contribution in [0.1, 0.15) is 20.7 Å². The molecule has 0 spiro atoms. The van der Waals surface area contributed by atoms with Crippen molar-refractivity contribution >= 4 is 17.5 Å². The van der Waals surface area contributed by atoms with Crippen molar-refractivity contribution in [2.45, 2.75) is 0 Å². The highest BCUT2D eigenvalue weighted by atomic mass is 19.1. The van der Waals surface area contributed by atoms with E-state index in [2.05, 4.69) is 5.32 Å². The SMILES string of the molecule is COc1ccc(-c2ccc(C(=O)Nc3ccccc3C(N)=O)c(F)c2)c(F)c1. The van der Waals surface area contributed by atoms with Gasteiger partial charge in [-0.1, -0.05) is 18.2 Å². The second-order valence-corrected chi connectivity index (χ2v) is 5.90. The molecule has 3 aromatic rings. The Morgan fingerprint density at radius 2 is 1.68 bits per heavy atom. The van der Waals surface area contributed by atoms with Crippen molar-refractivity contribution in [1.82, 2.24) is 0 Å². The first-order valence-corrected chi connectivity index (χ1v) is 8.24. The Kier molecular flexibility index (Phi) is 5.35. The number of halogens is 2. The molecule has 0 aliphatic heterocycles. The van der Waals surface area contributed by atoms with Crippen LogP contribution in [-0.4, -0.2) is 18.9 Å². The van der Waals surface area contributed by atoms with Crippen LogP contribution in [0.15, 0.2) is 60.7 Å². The Morgan fingerprint density at radius 3 is 2.32 bits per heavy atom. The van der Waals surface area contributed by atoms with Crippen LogP contribution >= 0.6 is 0 Å². The van der Waals surface area contributed by atoms with Crippen LogP contribution in [0.25, 0.3) is 11.1 Å². The number of hydrogen-bond acceptors (Lipinski definition) is 3. The number of nitrogens with two attached hydrogens (primary N) is 1. The zero-order valence-corrected chi connectivity index (χ0v) is 14.8. The Morgan fingerprint density at radius 1 is 0.929 bits per heavy atom. The summed E-state index contributed by atoms with van der Waals surface area (Å²) in [6, 6.07) is 14.1. The number of primary amides is 1. The standard InChI is InChI=1S/C21H16F2N2O3/c1-28-13-7-9-14(18(23)11-13)12-6-8-15(17(22)10-12)21(27)25-19-5-3-2-4-16(19)20(24)26/h2-11H,1H3,(H2,24,26)(H,25,27). The Balaban J connectivity index is 1.89. The van der Waals surface area contributed by atoms with Gasteiger partial charge in [0.25, 0.3) is 11.8 Å². The molecule has 3 aromatic carbocycles. The van der Waals surface area contributed by atoms with E-state index in [1.807, 2.05) is 0 Å². The van der Waals surface area contributed by atoms with E-state index in [0.29, 0.717) is 5.75 Å². The summed E-state index contributed by atoms with van der Waals surface area (Å²) in [6.07, 6.45) is 0. The van der Waals surface area contributed by atoms with Crippen molar-refractivity contribution in [2.75, 3.05) is 12.4 Å². The molecule has 3 rings (SSSR count). The lowest BCUT2D eigenvalue weighted by molar-refractivity contribution is 0.100. The van der Waals surface area contributed by atoms with Crippen LogP contribution in [0.3, 0.4) is 0 Å². The van der Waals surface area contributed by atoms with E-state index in [1.54, 1.807) is 18.2 Å². The highest BCUT2D eigenvalue weighted by Crippen LogP contribution is 2.28. The maximum Gasteiger partial charge on any atom is 0.258 e. The van der Waals surface area contributed by atoms with Crippen molar-refractivity contribution in [1.29, 1.82) is 0 Å². The molecular formula is C21H16F2N2O3. The Bertz CT molecular complexity index is 1070. The minimum atomic E-state index is -0.832. The van der Waals surface area contributed by atoms with Gasteiger partial charge in [-0.25, -0.2) is 8.78 Å². The van der Waals surface area contributed by atoms with Gasteiger partial charge in [0.2, 0.25) is 0 Å². The number of amides is 2. The molecule has 0 heterocycles. The number of carbonyl (C=O) groups is 2. The average molecular weight is 382 g/mol. The van der Waals surface area contributed by atoms with Crippen molar-refractivity contribution in [3.8, 4) is 16.9 Å². The van der Waals surface area contributed by atoms with E-state index >= 15 is 0 Å². The van der Waals surface area contributed by atoms with Crippen LogP contribution in [0.4, 0.5) is 14.5 Å².